The highest BCUT2D eigenvalue weighted by Gasteiger charge is 2.15. The molecule has 0 aliphatic heterocycles. The van der Waals surface area contributed by atoms with E-state index in [1.165, 1.54) is 25.1 Å². The van der Waals surface area contributed by atoms with Crippen LogP contribution in [0.5, 0.6) is 5.75 Å². The summed E-state index contributed by atoms with van der Waals surface area (Å²) in [5, 5.41) is 11.6. The Morgan fingerprint density at radius 2 is 1.92 bits per heavy atom. The molecular formula is C18H17F2NO4. The highest BCUT2D eigenvalue weighted by Crippen LogP contribution is 2.16. The minimum absolute atomic E-state index is 0.0516. The summed E-state index contributed by atoms with van der Waals surface area (Å²) in [7, 11) is 0. The second-order valence-corrected chi connectivity index (χ2v) is 5.38. The van der Waals surface area contributed by atoms with E-state index in [1.54, 1.807) is 12.1 Å². The molecule has 0 bridgehead atoms. The van der Waals surface area contributed by atoms with E-state index in [0.29, 0.717) is 6.42 Å². The van der Waals surface area contributed by atoms with Crippen molar-refractivity contribution in [2.75, 3.05) is 6.54 Å². The summed E-state index contributed by atoms with van der Waals surface area (Å²) >= 11 is 0. The normalized spacial score (nSPS) is 11.6. The third-order valence-electron chi connectivity index (χ3n) is 3.46. The predicted octanol–water partition coefficient (Wildman–Crippen LogP) is 2.79. The van der Waals surface area contributed by atoms with E-state index in [4.69, 9.17) is 9.84 Å². The van der Waals surface area contributed by atoms with Crippen molar-refractivity contribution in [2.24, 2.45) is 0 Å². The predicted molar refractivity (Wildman–Crippen MR) is 86.6 cm³/mol. The van der Waals surface area contributed by atoms with Crippen LogP contribution >= 0.6 is 0 Å². The maximum atomic E-state index is 13.1. The van der Waals surface area contributed by atoms with Crippen LogP contribution in [0.3, 0.4) is 0 Å². The second kappa shape index (κ2) is 8.23. The highest BCUT2D eigenvalue weighted by molar-refractivity contribution is 5.87. The van der Waals surface area contributed by atoms with Crippen LogP contribution in [-0.4, -0.2) is 29.6 Å². The summed E-state index contributed by atoms with van der Waals surface area (Å²) in [5.74, 6) is -3.43. The summed E-state index contributed by atoms with van der Waals surface area (Å²) in [6.07, 6.45) is -0.444. The van der Waals surface area contributed by atoms with Crippen molar-refractivity contribution in [1.82, 2.24) is 5.32 Å². The standard InChI is InChI=1S/C18H17F2NO4/c1-11(25-14-5-6-15(19)16(20)10-14)17(22)21-8-7-12-3-2-4-13(9-12)18(23)24/h2-6,9-11H,7-8H2,1H3,(H,21,22)(H,23,24)/t11-/m1/s1. The zero-order valence-electron chi connectivity index (χ0n) is 13.5. The number of carboxylic acid groups (broad SMARTS) is 1. The number of hydrogen-bond acceptors (Lipinski definition) is 3. The average molecular weight is 349 g/mol. The zero-order valence-corrected chi connectivity index (χ0v) is 13.5. The largest absolute Gasteiger partial charge is 0.481 e. The molecule has 0 unspecified atom stereocenters. The van der Waals surface area contributed by atoms with Crippen LogP contribution in [0.15, 0.2) is 42.5 Å². The molecule has 0 aliphatic carbocycles. The number of carbonyl (C=O) groups is 2. The van der Waals surface area contributed by atoms with Gasteiger partial charge in [0.2, 0.25) is 0 Å². The van der Waals surface area contributed by atoms with Crippen LogP contribution < -0.4 is 10.1 Å². The lowest BCUT2D eigenvalue weighted by Gasteiger charge is -2.15. The fourth-order valence-electron chi connectivity index (χ4n) is 2.14. The minimum Gasteiger partial charge on any atom is -0.481 e. The van der Waals surface area contributed by atoms with Crippen LogP contribution in [0.4, 0.5) is 8.78 Å². The van der Waals surface area contributed by atoms with Gasteiger partial charge in [0.15, 0.2) is 17.7 Å². The molecule has 2 aromatic carbocycles. The van der Waals surface area contributed by atoms with Crippen molar-refractivity contribution in [2.45, 2.75) is 19.4 Å². The minimum atomic E-state index is -1.05. The molecule has 0 aliphatic rings. The number of amides is 1. The van der Waals surface area contributed by atoms with E-state index in [0.717, 1.165) is 17.7 Å². The molecule has 2 N–H and O–H groups in total. The van der Waals surface area contributed by atoms with Crippen LogP contribution in [-0.2, 0) is 11.2 Å². The quantitative estimate of drug-likeness (QED) is 0.806. The number of aromatic carboxylic acids is 1. The molecule has 132 valence electrons. The molecule has 0 spiro atoms. The van der Waals surface area contributed by atoms with E-state index in [-0.39, 0.29) is 17.9 Å². The number of ether oxygens (including phenoxy) is 1. The van der Waals surface area contributed by atoms with E-state index in [9.17, 15) is 18.4 Å². The summed E-state index contributed by atoms with van der Waals surface area (Å²) in [6.45, 7) is 1.77. The molecule has 0 radical (unpaired) electrons. The van der Waals surface area contributed by atoms with E-state index in [1.807, 2.05) is 0 Å². The van der Waals surface area contributed by atoms with Gasteiger partial charge in [-0.05, 0) is 43.2 Å². The first-order chi connectivity index (χ1) is 11.9. The molecule has 5 nitrogen and oxygen atoms in total. The summed E-state index contributed by atoms with van der Waals surface area (Å²) < 4.78 is 31.2. The van der Waals surface area contributed by atoms with E-state index < -0.39 is 29.6 Å². The third-order valence-corrected chi connectivity index (χ3v) is 3.46. The first-order valence-corrected chi connectivity index (χ1v) is 7.58. The Morgan fingerprint density at radius 3 is 2.60 bits per heavy atom. The van der Waals surface area contributed by atoms with Crippen molar-refractivity contribution in [3.63, 3.8) is 0 Å². The number of rotatable bonds is 7. The van der Waals surface area contributed by atoms with Crippen molar-refractivity contribution in [3.05, 3.63) is 65.2 Å². The summed E-state index contributed by atoms with van der Waals surface area (Å²) in [6, 6.07) is 9.45. The van der Waals surface area contributed by atoms with E-state index >= 15 is 0 Å². The van der Waals surface area contributed by atoms with Gasteiger partial charge in [-0.3, -0.25) is 4.79 Å². The smallest absolute Gasteiger partial charge is 0.335 e. The molecule has 0 heterocycles. The lowest BCUT2D eigenvalue weighted by atomic mass is 10.1. The SMILES string of the molecule is C[C@@H](Oc1ccc(F)c(F)c1)C(=O)NCCc1cccc(C(=O)O)c1. The summed E-state index contributed by atoms with van der Waals surface area (Å²) in [4.78, 5) is 22.9. The molecule has 1 atom stereocenters. The van der Waals surface area contributed by atoms with Gasteiger partial charge in [0.25, 0.3) is 5.91 Å². The lowest BCUT2D eigenvalue weighted by Crippen LogP contribution is -2.37. The third kappa shape index (κ3) is 5.27. The van der Waals surface area contributed by atoms with Crippen LogP contribution in [0.1, 0.15) is 22.8 Å². The van der Waals surface area contributed by atoms with E-state index in [2.05, 4.69) is 5.32 Å². The molecular weight excluding hydrogens is 332 g/mol. The van der Waals surface area contributed by atoms with Gasteiger partial charge in [-0.25, -0.2) is 13.6 Å². The van der Waals surface area contributed by atoms with Crippen LogP contribution in [0.25, 0.3) is 0 Å². The number of carboxylic acids is 1. The van der Waals surface area contributed by atoms with Crippen molar-refractivity contribution < 1.29 is 28.2 Å². The number of hydrogen-bond donors (Lipinski definition) is 2. The molecule has 0 saturated carbocycles. The van der Waals surface area contributed by atoms with Crippen LogP contribution in [0.2, 0.25) is 0 Å². The molecule has 0 saturated heterocycles. The van der Waals surface area contributed by atoms with Gasteiger partial charge in [-0.2, -0.15) is 0 Å². The van der Waals surface area contributed by atoms with Gasteiger partial charge in [0.1, 0.15) is 5.75 Å². The van der Waals surface area contributed by atoms with Gasteiger partial charge in [0.05, 0.1) is 5.56 Å². The molecule has 0 aromatic heterocycles. The number of halogens is 2. The Morgan fingerprint density at radius 1 is 1.16 bits per heavy atom. The topological polar surface area (TPSA) is 75.6 Å². The van der Waals surface area contributed by atoms with Crippen molar-refractivity contribution >= 4 is 11.9 Å². The molecule has 0 fully saturated rings. The summed E-state index contributed by atoms with van der Waals surface area (Å²) in [5.41, 5.74) is 0.952. The monoisotopic (exact) mass is 349 g/mol. The maximum absolute atomic E-state index is 13.1. The Kier molecular flexibility index (Phi) is 6.05. The molecule has 2 aromatic rings. The molecule has 2 rings (SSSR count). The first-order valence-electron chi connectivity index (χ1n) is 7.58. The maximum Gasteiger partial charge on any atom is 0.335 e. The molecule has 1 amide bonds. The van der Waals surface area contributed by atoms with Crippen molar-refractivity contribution in [3.8, 4) is 5.75 Å². The fraction of sp³-hybridized carbons (Fsp3) is 0.222. The Balaban J connectivity index is 1.84. The number of nitrogens with one attached hydrogen (secondary N) is 1. The molecule has 25 heavy (non-hydrogen) atoms. The Hall–Kier alpha value is -2.96. The number of carbonyl (C=O) groups excluding carboxylic acids is 1. The second-order valence-electron chi connectivity index (χ2n) is 5.38. The van der Waals surface area contributed by atoms with Gasteiger partial charge in [-0.15, -0.1) is 0 Å². The van der Waals surface area contributed by atoms with Crippen molar-refractivity contribution in [1.29, 1.82) is 0 Å². The van der Waals surface area contributed by atoms with Gasteiger partial charge < -0.3 is 15.2 Å². The number of benzene rings is 2. The Labute approximate surface area is 143 Å². The Bertz CT molecular complexity index is 779. The van der Waals surface area contributed by atoms with Gasteiger partial charge in [0, 0.05) is 12.6 Å². The zero-order chi connectivity index (χ0) is 18.4. The molecule has 7 heteroatoms. The van der Waals surface area contributed by atoms with Gasteiger partial charge in [-0.1, -0.05) is 12.1 Å². The fourth-order valence-corrected chi connectivity index (χ4v) is 2.14. The van der Waals surface area contributed by atoms with Crippen LogP contribution in [0, 0.1) is 11.6 Å². The lowest BCUT2D eigenvalue weighted by molar-refractivity contribution is -0.127. The van der Waals surface area contributed by atoms with Gasteiger partial charge >= 0.3 is 5.97 Å². The highest BCUT2D eigenvalue weighted by atomic mass is 19.2. The first kappa shape index (κ1) is 18.4. The average Bonchev–Trinajstić information content (AvgIpc) is 2.58.